The van der Waals surface area contributed by atoms with E-state index in [2.05, 4.69) is 9.89 Å². The summed E-state index contributed by atoms with van der Waals surface area (Å²) in [5.41, 5.74) is 0. The van der Waals surface area contributed by atoms with Crippen molar-refractivity contribution in [1.82, 2.24) is 5.16 Å². The average molecular weight is 199 g/mol. The lowest BCUT2D eigenvalue weighted by atomic mass is 10.2. The fourth-order valence-electron chi connectivity index (χ4n) is 1.02. The molecule has 5 heteroatoms. The fraction of sp³-hybridized carbons (Fsp3) is 0.556. The molecule has 0 atom stereocenters. The van der Waals surface area contributed by atoms with E-state index in [0.29, 0.717) is 30.9 Å². The molecule has 0 unspecified atom stereocenters. The fourth-order valence-corrected chi connectivity index (χ4v) is 1.02. The second-order valence-corrected chi connectivity index (χ2v) is 2.77. The monoisotopic (exact) mass is 199 g/mol. The Morgan fingerprint density at radius 3 is 2.93 bits per heavy atom. The van der Waals surface area contributed by atoms with Crippen LogP contribution < -0.4 is 4.74 Å². The molecule has 0 aliphatic heterocycles. The van der Waals surface area contributed by atoms with Crippen molar-refractivity contribution in [3.05, 3.63) is 11.8 Å². The molecular formula is C9H13NO4. The first kappa shape index (κ1) is 10.6. The highest BCUT2D eigenvalue weighted by Crippen LogP contribution is 2.12. The highest BCUT2D eigenvalue weighted by molar-refractivity contribution is 5.69. The van der Waals surface area contributed by atoms with Gasteiger partial charge in [-0.3, -0.25) is 4.79 Å². The van der Waals surface area contributed by atoms with E-state index in [1.54, 1.807) is 6.07 Å². The van der Waals surface area contributed by atoms with Crippen LogP contribution in [0.2, 0.25) is 0 Å². The van der Waals surface area contributed by atoms with Gasteiger partial charge in [0.15, 0.2) is 0 Å². The SMILES string of the molecule is COC(=O)CCCc1cc(OC)no1. The molecule has 0 aliphatic carbocycles. The van der Waals surface area contributed by atoms with Crippen molar-refractivity contribution < 1.29 is 18.8 Å². The van der Waals surface area contributed by atoms with E-state index in [4.69, 9.17) is 9.26 Å². The molecule has 0 amide bonds. The molecule has 1 aromatic heterocycles. The Balaban J connectivity index is 2.27. The van der Waals surface area contributed by atoms with Gasteiger partial charge in [0.05, 0.1) is 14.2 Å². The van der Waals surface area contributed by atoms with Gasteiger partial charge >= 0.3 is 5.97 Å². The van der Waals surface area contributed by atoms with Gasteiger partial charge in [-0.15, -0.1) is 0 Å². The number of esters is 1. The van der Waals surface area contributed by atoms with E-state index in [1.165, 1.54) is 14.2 Å². The molecule has 0 aromatic carbocycles. The summed E-state index contributed by atoms with van der Waals surface area (Å²) in [6.07, 6.45) is 1.73. The highest BCUT2D eigenvalue weighted by Gasteiger charge is 2.05. The Bertz CT molecular complexity index is 295. The highest BCUT2D eigenvalue weighted by atomic mass is 16.5. The number of aryl methyl sites for hydroxylation is 1. The van der Waals surface area contributed by atoms with Crippen LogP contribution in [0.4, 0.5) is 0 Å². The van der Waals surface area contributed by atoms with Crippen LogP contribution in [0.15, 0.2) is 10.6 Å². The molecule has 1 heterocycles. The third-order valence-electron chi connectivity index (χ3n) is 1.78. The zero-order chi connectivity index (χ0) is 10.4. The average Bonchev–Trinajstić information content (AvgIpc) is 2.65. The topological polar surface area (TPSA) is 61.6 Å². The van der Waals surface area contributed by atoms with Gasteiger partial charge in [-0.2, -0.15) is 0 Å². The summed E-state index contributed by atoms with van der Waals surface area (Å²) in [5.74, 6) is 0.959. The third-order valence-corrected chi connectivity index (χ3v) is 1.78. The summed E-state index contributed by atoms with van der Waals surface area (Å²) < 4.78 is 14.3. The minimum Gasteiger partial charge on any atom is -0.479 e. The van der Waals surface area contributed by atoms with Gasteiger partial charge in [-0.05, 0) is 11.6 Å². The molecule has 78 valence electrons. The van der Waals surface area contributed by atoms with E-state index in [9.17, 15) is 4.79 Å². The lowest BCUT2D eigenvalue weighted by Gasteiger charge is -1.95. The quantitative estimate of drug-likeness (QED) is 0.666. The third kappa shape index (κ3) is 3.08. The van der Waals surface area contributed by atoms with Crippen LogP contribution in [0.25, 0.3) is 0 Å². The van der Waals surface area contributed by atoms with E-state index in [0.717, 1.165) is 0 Å². The maximum atomic E-state index is 10.8. The molecule has 0 radical (unpaired) electrons. The largest absolute Gasteiger partial charge is 0.479 e. The number of ether oxygens (including phenoxy) is 2. The number of carbonyl (C=O) groups excluding carboxylic acids is 1. The van der Waals surface area contributed by atoms with Crippen LogP contribution in [0.5, 0.6) is 5.88 Å². The Morgan fingerprint density at radius 2 is 2.36 bits per heavy atom. The molecule has 0 saturated heterocycles. The molecule has 0 spiro atoms. The summed E-state index contributed by atoms with van der Waals surface area (Å²) in [6, 6.07) is 1.71. The lowest BCUT2D eigenvalue weighted by molar-refractivity contribution is -0.140. The minimum absolute atomic E-state index is 0.212. The summed E-state index contributed by atoms with van der Waals surface area (Å²) >= 11 is 0. The zero-order valence-corrected chi connectivity index (χ0v) is 8.28. The van der Waals surface area contributed by atoms with Crippen LogP contribution >= 0.6 is 0 Å². The number of aromatic nitrogens is 1. The number of hydrogen-bond acceptors (Lipinski definition) is 5. The second kappa shape index (κ2) is 5.26. The molecule has 14 heavy (non-hydrogen) atoms. The molecule has 1 aromatic rings. The maximum Gasteiger partial charge on any atom is 0.305 e. The van der Waals surface area contributed by atoms with E-state index in [-0.39, 0.29) is 5.97 Å². The predicted molar refractivity (Wildman–Crippen MR) is 48.0 cm³/mol. The first-order valence-corrected chi connectivity index (χ1v) is 4.32. The molecular weight excluding hydrogens is 186 g/mol. The molecule has 0 bridgehead atoms. The van der Waals surface area contributed by atoms with E-state index < -0.39 is 0 Å². The Hall–Kier alpha value is -1.52. The molecule has 0 saturated carbocycles. The van der Waals surface area contributed by atoms with Crippen LogP contribution in [-0.4, -0.2) is 25.3 Å². The van der Waals surface area contributed by atoms with Crippen molar-refractivity contribution in [2.45, 2.75) is 19.3 Å². The summed E-state index contributed by atoms with van der Waals surface area (Å²) in [7, 11) is 2.90. The van der Waals surface area contributed by atoms with Crippen LogP contribution in [0.1, 0.15) is 18.6 Å². The van der Waals surface area contributed by atoms with Gasteiger partial charge < -0.3 is 14.0 Å². The van der Waals surface area contributed by atoms with Gasteiger partial charge in [-0.25, -0.2) is 0 Å². The Morgan fingerprint density at radius 1 is 1.57 bits per heavy atom. The van der Waals surface area contributed by atoms with Gasteiger partial charge in [0, 0.05) is 18.9 Å². The smallest absolute Gasteiger partial charge is 0.305 e. The Labute approximate surface area is 82.0 Å². The second-order valence-electron chi connectivity index (χ2n) is 2.77. The minimum atomic E-state index is -0.212. The van der Waals surface area contributed by atoms with Gasteiger partial charge in [0.25, 0.3) is 5.88 Å². The zero-order valence-electron chi connectivity index (χ0n) is 8.28. The molecule has 0 aliphatic rings. The lowest BCUT2D eigenvalue weighted by Crippen LogP contribution is -2.00. The molecule has 0 N–H and O–H groups in total. The van der Waals surface area contributed by atoms with Crippen molar-refractivity contribution >= 4 is 5.97 Å². The van der Waals surface area contributed by atoms with E-state index >= 15 is 0 Å². The maximum absolute atomic E-state index is 10.8. The first-order valence-electron chi connectivity index (χ1n) is 4.32. The standard InChI is InChI=1S/C9H13NO4/c1-12-8-6-7(14-10-8)4-3-5-9(11)13-2/h6H,3-5H2,1-2H3. The summed E-state index contributed by atoms with van der Waals surface area (Å²) in [6.45, 7) is 0. The van der Waals surface area contributed by atoms with Crippen LogP contribution in [-0.2, 0) is 16.0 Å². The van der Waals surface area contributed by atoms with Crippen LogP contribution in [0.3, 0.4) is 0 Å². The van der Waals surface area contributed by atoms with Crippen molar-refractivity contribution in [3.63, 3.8) is 0 Å². The number of carbonyl (C=O) groups is 1. The first-order chi connectivity index (χ1) is 6.76. The molecule has 1 rings (SSSR count). The van der Waals surface area contributed by atoms with Crippen molar-refractivity contribution in [2.75, 3.05) is 14.2 Å². The molecule has 5 nitrogen and oxygen atoms in total. The number of rotatable bonds is 5. The Kier molecular flexibility index (Phi) is 3.97. The molecule has 0 fully saturated rings. The summed E-state index contributed by atoms with van der Waals surface area (Å²) in [5, 5.41) is 3.64. The van der Waals surface area contributed by atoms with Crippen molar-refractivity contribution in [1.29, 1.82) is 0 Å². The van der Waals surface area contributed by atoms with E-state index in [1.807, 2.05) is 0 Å². The van der Waals surface area contributed by atoms with Crippen molar-refractivity contribution in [2.24, 2.45) is 0 Å². The van der Waals surface area contributed by atoms with Crippen molar-refractivity contribution in [3.8, 4) is 5.88 Å². The number of hydrogen-bond donors (Lipinski definition) is 0. The number of nitrogens with zero attached hydrogens (tertiary/aromatic N) is 1. The number of methoxy groups -OCH3 is 2. The summed E-state index contributed by atoms with van der Waals surface area (Å²) in [4.78, 5) is 10.8. The normalized spacial score (nSPS) is 9.86. The van der Waals surface area contributed by atoms with Crippen LogP contribution in [0, 0.1) is 0 Å². The van der Waals surface area contributed by atoms with Gasteiger partial charge in [-0.1, -0.05) is 0 Å². The predicted octanol–water partition coefficient (Wildman–Crippen LogP) is 1.18. The van der Waals surface area contributed by atoms with Gasteiger partial charge in [0.1, 0.15) is 5.76 Å². The van der Waals surface area contributed by atoms with Gasteiger partial charge in [0.2, 0.25) is 0 Å².